The zero-order valence-electron chi connectivity index (χ0n) is 10.4. The van der Waals surface area contributed by atoms with Gasteiger partial charge in [-0.05, 0) is 69.7 Å². The molecule has 0 N–H and O–H groups in total. The van der Waals surface area contributed by atoms with E-state index in [2.05, 4.69) is 18.0 Å². The zero-order valence-corrected chi connectivity index (χ0v) is 10.4. The van der Waals surface area contributed by atoms with E-state index in [0.29, 0.717) is 6.04 Å². The van der Waals surface area contributed by atoms with Crippen molar-refractivity contribution in [2.75, 3.05) is 7.05 Å². The van der Waals surface area contributed by atoms with Gasteiger partial charge in [0.15, 0.2) is 0 Å². The van der Waals surface area contributed by atoms with Crippen LogP contribution in [-0.2, 0) is 0 Å². The molecule has 16 heavy (non-hydrogen) atoms. The molecule has 88 valence electrons. The van der Waals surface area contributed by atoms with Crippen LogP contribution in [0.1, 0.15) is 39.0 Å². The molecule has 0 heterocycles. The quantitative estimate of drug-likeness (QED) is 0.712. The van der Waals surface area contributed by atoms with Crippen molar-refractivity contribution in [3.05, 3.63) is 0 Å². The summed E-state index contributed by atoms with van der Waals surface area (Å²) < 4.78 is 0. The molecule has 0 amide bonds. The van der Waals surface area contributed by atoms with Crippen molar-refractivity contribution in [1.29, 1.82) is 5.26 Å². The van der Waals surface area contributed by atoms with Crippen molar-refractivity contribution in [1.82, 2.24) is 4.90 Å². The molecule has 2 heteroatoms. The minimum absolute atomic E-state index is 0.0857. The molecule has 1 atom stereocenters. The first kappa shape index (κ1) is 10.6. The maximum atomic E-state index is 9.07. The fraction of sp³-hybridized carbons (Fsp3) is 0.929. The van der Waals surface area contributed by atoms with Crippen LogP contribution in [0.5, 0.6) is 0 Å². The van der Waals surface area contributed by atoms with E-state index in [1.165, 1.54) is 32.1 Å². The second kappa shape index (κ2) is 3.74. The number of nitriles is 1. The summed E-state index contributed by atoms with van der Waals surface area (Å²) in [4.78, 5) is 2.37. The number of nitrogens with zero attached hydrogens (tertiary/aromatic N) is 2. The van der Waals surface area contributed by atoms with Crippen LogP contribution in [0.3, 0.4) is 0 Å². The van der Waals surface area contributed by atoms with Crippen LogP contribution >= 0.6 is 0 Å². The standard InChI is InChI=1S/C14H22N2/c1-9(8-15)16(2)14-12-4-10-3-11(6-12)7-13(14)5-10/h9-14H,3-7H2,1-2H3. The minimum atomic E-state index is 0.0857. The first-order chi connectivity index (χ1) is 7.69. The van der Waals surface area contributed by atoms with Gasteiger partial charge in [-0.25, -0.2) is 0 Å². The molecule has 4 bridgehead atoms. The molecule has 0 aromatic carbocycles. The van der Waals surface area contributed by atoms with Gasteiger partial charge in [0.2, 0.25) is 0 Å². The van der Waals surface area contributed by atoms with E-state index < -0.39 is 0 Å². The topological polar surface area (TPSA) is 27.0 Å². The zero-order chi connectivity index (χ0) is 11.3. The number of hydrogen-bond acceptors (Lipinski definition) is 2. The van der Waals surface area contributed by atoms with Crippen LogP contribution in [-0.4, -0.2) is 24.0 Å². The molecule has 0 aromatic rings. The van der Waals surface area contributed by atoms with Crippen LogP contribution < -0.4 is 0 Å². The molecule has 4 saturated carbocycles. The molecule has 4 rings (SSSR count). The monoisotopic (exact) mass is 218 g/mol. The lowest BCUT2D eigenvalue weighted by molar-refractivity contribution is -0.0621. The van der Waals surface area contributed by atoms with Crippen LogP contribution in [0.25, 0.3) is 0 Å². The van der Waals surface area contributed by atoms with Gasteiger partial charge < -0.3 is 0 Å². The van der Waals surface area contributed by atoms with Crippen molar-refractivity contribution >= 4 is 0 Å². The summed E-state index contributed by atoms with van der Waals surface area (Å²) in [5.74, 6) is 3.86. The van der Waals surface area contributed by atoms with Crippen LogP contribution in [0.2, 0.25) is 0 Å². The lowest BCUT2D eigenvalue weighted by atomic mass is 9.54. The van der Waals surface area contributed by atoms with E-state index >= 15 is 0 Å². The van der Waals surface area contributed by atoms with Crippen molar-refractivity contribution in [2.45, 2.75) is 51.1 Å². The van der Waals surface area contributed by atoms with Crippen LogP contribution in [0.15, 0.2) is 0 Å². The summed E-state index contributed by atoms with van der Waals surface area (Å²) >= 11 is 0. The maximum Gasteiger partial charge on any atom is 0.0949 e. The largest absolute Gasteiger partial charge is 0.288 e. The molecule has 4 aliphatic carbocycles. The lowest BCUT2D eigenvalue weighted by Gasteiger charge is -2.57. The van der Waals surface area contributed by atoms with Gasteiger partial charge in [-0.2, -0.15) is 5.26 Å². The molecule has 0 spiro atoms. The molecule has 4 fully saturated rings. The molecule has 0 aromatic heterocycles. The van der Waals surface area contributed by atoms with Crippen molar-refractivity contribution < 1.29 is 0 Å². The first-order valence-corrected chi connectivity index (χ1v) is 6.80. The Balaban J connectivity index is 1.79. The van der Waals surface area contributed by atoms with Gasteiger partial charge in [0, 0.05) is 6.04 Å². The Labute approximate surface area is 98.6 Å². The minimum Gasteiger partial charge on any atom is -0.288 e. The van der Waals surface area contributed by atoms with Crippen molar-refractivity contribution in [2.24, 2.45) is 23.7 Å². The van der Waals surface area contributed by atoms with Gasteiger partial charge in [0.1, 0.15) is 0 Å². The summed E-state index contributed by atoms with van der Waals surface area (Å²) in [5.41, 5.74) is 0. The van der Waals surface area contributed by atoms with Gasteiger partial charge in [-0.15, -0.1) is 0 Å². The van der Waals surface area contributed by atoms with E-state index in [0.717, 1.165) is 23.7 Å². The highest BCUT2D eigenvalue weighted by molar-refractivity contribution is 5.04. The van der Waals surface area contributed by atoms with Gasteiger partial charge in [-0.1, -0.05) is 0 Å². The van der Waals surface area contributed by atoms with E-state index in [1.807, 2.05) is 6.92 Å². The van der Waals surface area contributed by atoms with E-state index in [-0.39, 0.29) is 6.04 Å². The second-order valence-corrected chi connectivity index (χ2v) is 6.39. The average Bonchev–Trinajstić information content (AvgIpc) is 2.26. The Kier molecular flexibility index (Phi) is 2.47. The third-order valence-electron chi connectivity index (χ3n) is 5.44. The normalized spacial score (nSPS) is 47.0. The predicted octanol–water partition coefficient (Wildman–Crippen LogP) is 2.65. The Bertz CT molecular complexity index is 289. The Hall–Kier alpha value is -0.550. The molecule has 0 saturated heterocycles. The van der Waals surface area contributed by atoms with E-state index in [1.54, 1.807) is 0 Å². The Morgan fingerprint density at radius 2 is 1.56 bits per heavy atom. The highest BCUT2D eigenvalue weighted by atomic mass is 15.2. The van der Waals surface area contributed by atoms with Crippen molar-refractivity contribution in [3.8, 4) is 6.07 Å². The third kappa shape index (κ3) is 1.49. The van der Waals surface area contributed by atoms with Gasteiger partial charge in [0.25, 0.3) is 0 Å². The molecular formula is C14H22N2. The lowest BCUT2D eigenvalue weighted by Crippen LogP contribution is -2.56. The predicted molar refractivity (Wildman–Crippen MR) is 63.7 cm³/mol. The molecular weight excluding hydrogens is 196 g/mol. The second-order valence-electron chi connectivity index (χ2n) is 6.39. The molecule has 1 unspecified atom stereocenters. The molecule has 0 aliphatic heterocycles. The van der Waals surface area contributed by atoms with Crippen LogP contribution in [0, 0.1) is 35.0 Å². The van der Waals surface area contributed by atoms with E-state index in [9.17, 15) is 0 Å². The summed E-state index contributed by atoms with van der Waals surface area (Å²) in [7, 11) is 2.17. The summed E-state index contributed by atoms with van der Waals surface area (Å²) in [5, 5.41) is 9.07. The summed E-state index contributed by atoms with van der Waals surface area (Å²) in [6.07, 6.45) is 7.29. The molecule has 4 aliphatic rings. The fourth-order valence-electron chi connectivity index (χ4n) is 4.91. The number of hydrogen-bond donors (Lipinski definition) is 0. The van der Waals surface area contributed by atoms with Gasteiger partial charge in [-0.3, -0.25) is 4.90 Å². The molecule has 0 radical (unpaired) electrons. The number of rotatable bonds is 2. The van der Waals surface area contributed by atoms with Gasteiger partial charge in [0.05, 0.1) is 12.1 Å². The highest BCUT2D eigenvalue weighted by Gasteiger charge is 2.49. The van der Waals surface area contributed by atoms with Crippen molar-refractivity contribution in [3.63, 3.8) is 0 Å². The van der Waals surface area contributed by atoms with E-state index in [4.69, 9.17) is 5.26 Å². The molecule has 2 nitrogen and oxygen atoms in total. The fourth-order valence-corrected chi connectivity index (χ4v) is 4.91. The van der Waals surface area contributed by atoms with Crippen LogP contribution in [0.4, 0.5) is 0 Å². The maximum absolute atomic E-state index is 9.07. The highest BCUT2D eigenvalue weighted by Crippen LogP contribution is 2.55. The SMILES string of the molecule is CC(C#N)N(C)C1C2CC3CC(C2)CC1C3. The third-order valence-corrected chi connectivity index (χ3v) is 5.44. The van der Waals surface area contributed by atoms with Gasteiger partial charge >= 0.3 is 0 Å². The smallest absolute Gasteiger partial charge is 0.0949 e. The Morgan fingerprint density at radius 1 is 1.06 bits per heavy atom. The average molecular weight is 218 g/mol. The Morgan fingerprint density at radius 3 is 2.00 bits per heavy atom. The first-order valence-electron chi connectivity index (χ1n) is 6.80. The summed E-state index contributed by atoms with van der Waals surface area (Å²) in [6, 6.07) is 3.20. The summed E-state index contributed by atoms with van der Waals surface area (Å²) in [6.45, 7) is 2.05.